The van der Waals surface area contributed by atoms with E-state index in [2.05, 4.69) is 67.0 Å². The zero-order valence-corrected chi connectivity index (χ0v) is 17.4. The summed E-state index contributed by atoms with van der Waals surface area (Å²) in [6, 6.07) is 10.6. The van der Waals surface area contributed by atoms with Crippen LogP contribution >= 0.6 is 15.9 Å². The molecule has 0 radical (unpaired) electrons. The molecule has 0 aliphatic carbocycles. The average molecular weight is 407 g/mol. The van der Waals surface area contributed by atoms with Crippen LogP contribution in [0.1, 0.15) is 52.0 Å². The van der Waals surface area contributed by atoms with E-state index in [-0.39, 0.29) is 0 Å². The van der Waals surface area contributed by atoms with Gasteiger partial charge in [0.15, 0.2) is 0 Å². The highest BCUT2D eigenvalue weighted by Crippen LogP contribution is 2.37. The molecule has 0 saturated heterocycles. The topological polar surface area (TPSA) is 18.5 Å². The first-order valence-corrected chi connectivity index (χ1v) is 10.7. The highest BCUT2D eigenvalue weighted by atomic mass is 79.9. The van der Waals surface area contributed by atoms with Gasteiger partial charge in [-0.3, -0.25) is 0 Å². The first-order valence-electron chi connectivity index (χ1n) is 9.61. The average Bonchev–Trinajstić information content (AvgIpc) is 2.66. The molecule has 0 N–H and O–H groups in total. The first kappa shape index (κ1) is 20.1. The van der Waals surface area contributed by atoms with Gasteiger partial charge in [-0.05, 0) is 30.4 Å². The Kier molecular flexibility index (Phi) is 8.60. The predicted octanol–water partition coefficient (Wildman–Crippen LogP) is 6.77. The zero-order chi connectivity index (χ0) is 18.1. The molecule has 138 valence electrons. The van der Waals surface area contributed by atoms with E-state index in [1.165, 1.54) is 31.2 Å². The molecule has 1 unspecified atom stereocenters. The van der Waals surface area contributed by atoms with E-state index in [4.69, 9.17) is 9.47 Å². The van der Waals surface area contributed by atoms with Crippen molar-refractivity contribution in [2.75, 3.05) is 18.5 Å². The van der Waals surface area contributed by atoms with Crippen molar-refractivity contribution in [3.05, 3.63) is 35.9 Å². The largest absolute Gasteiger partial charge is 0.492 e. The lowest BCUT2D eigenvalue weighted by atomic mass is 9.99. The fourth-order valence-electron chi connectivity index (χ4n) is 3.17. The fraction of sp³-hybridized carbons (Fsp3) is 0.545. The fourth-order valence-corrected chi connectivity index (χ4v) is 3.33. The Morgan fingerprint density at radius 2 is 1.80 bits per heavy atom. The molecule has 0 bridgehead atoms. The van der Waals surface area contributed by atoms with Crippen LogP contribution in [0.3, 0.4) is 0 Å². The number of ether oxygens (including phenoxy) is 2. The predicted molar refractivity (Wildman–Crippen MR) is 111 cm³/mol. The molecule has 0 amide bonds. The summed E-state index contributed by atoms with van der Waals surface area (Å²) < 4.78 is 12.3. The highest BCUT2D eigenvalue weighted by molar-refractivity contribution is 9.09. The van der Waals surface area contributed by atoms with Crippen LogP contribution in [-0.4, -0.2) is 18.5 Å². The smallest absolute Gasteiger partial charge is 0.130 e. The molecular weight excluding hydrogens is 376 g/mol. The first-order chi connectivity index (χ1) is 12.2. The van der Waals surface area contributed by atoms with Crippen molar-refractivity contribution in [3.8, 4) is 11.5 Å². The van der Waals surface area contributed by atoms with Gasteiger partial charge in [0.25, 0.3) is 0 Å². The van der Waals surface area contributed by atoms with Crippen LogP contribution in [0.5, 0.6) is 11.5 Å². The molecule has 0 saturated carbocycles. The number of hydrogen-bond acceptors (Lipinski definition) is 2. The number of unbranched alkanes of at least 4 members (excludes halogenated alkanes) is 1. The van der Waals surface area contributed by atoms with Gasteiger partial charge < -0.3 is 9.47 Å². The summed E-state index contributed by atoms with van der Waals surface area (Å²) >= 11 is 3.44. The van der Waals surface area contributed by atoms with E-state index in [0.29, 0.717) is 12.5 Å². The molecule has 0 aromatic heterocycles. The van der Waals surface area contributed by atoms with Gasteiger partial charge in [0.2, 0.25) is 0 Å². The second-order valence-electron chi connectivity index (χ2n) is 6.53. The number of rotatable bonds is 11. The molecule has 2 rings (SSSR count). The van der Waals surface area contributed by atoms with Crippen LogP contribution in [0, 0.1) is 5.92 Å². The lowest BCUT2D eigenvalue weighted by Gasteiger charge is -2.20. The molecule has 2 aromatic rings. The van der Waals surface area contributed by atoms with Crippen LogP contribution in [0.25, 0.3) is 10.8 Å². The minimum Gasteiger partial charge on any atom is -0.492 e. The van der Waals surface area contributed by atoms with Crippen LogP contribution in [0.2, 0.25) is 0 Å². The van der Waals surface area contributed by atoms with E-state index in [9.17, 15) is 0 Å². The number of aryl methyl sites for hydroxylation is 1. The number of alkyl halides is 1. The number of halogens is 1. The Morgan fingerprint density at radius 1 is 1.04 bits per heavy atom. The summed E-state index contributed by atoms with van der Waals surface area (Å²) in [7, 11) is 0. The lowest BCUT2D eigenvalue weighted by Crippen LogP contribution is -2.12. The second-order valence-corrected chi connectivity index (χ2v) is 7.32. The van der Waals surface area contributed by atoms with Crippen molar-refractivity contribution >= 4 is 26.7 Å². The van der Waals surface area contributed by atoms with E-state index in [0.717, 1.165) is 40.6 Å². The molecule has 25 heavy (non-hydrogen) atoms. The Labute approximate surface area is 161 Å². The van der Waals surface area contributed by atoms with Gasteiger partial charge in [-0.25, -0.2) is 0 Å². The Bertz CT molecular complexity index is 654. The zero-order valence-electron chi connectivity index (χ0n) is 15.8. The maximum atomic E-state index is 6.39. The quantitative estimate of drug-likeness (QED) is 0.383. The molecular formula is C22H31BrO2. The summed E-state index contributed by atoms with van der Waals surface area (Å²) in [4.78, 5) is 0. The summed E-state index contributed by atoms with van der Waals surface area (Å²) in [6.45, 7) is 8.17. The van der Waals surface area contributed by atoms with E-state index < -0.39 is 0 Å². The number of benzene rings is 2. The van der Waals surface area contributed by atoms with Crippen LogP contribution in [-0.2, 0) is 6.42 Å². The third kappa shape index (κ3) is 5.37. The van der Waals surface area contributed by atoms with Gasteiger partial charge in [0, 0.05) is 16.1 Å². The van der Waals surface area contributed by atoms with Crippen molar-refractivity contribution in [1.82, 2.24) is 0 Å². The second kappa shape index (κ2) is 10.7. The van der Waals surface area contributed by atoms with Crippen LogP contribution < -0.4 is 9.47 Å². The molecule has 0 fully saturated rings. The van der Waals surface area contributed by atoms with Gasteiger partial charge in [0.05, 0.1) is 13.2 Å². The Hall–Kier alpha value is -1.22. The van der Waals surface area contributed by atoms with Crippen LogP contribution in [0.15, 0.2) is 30.3 Å². The van der Waals surface area contributed by atoms with E-state index >= 15 is 0 Å². The lowest BCUT2D eigenvalue weighted by molar-refractivity contribution is 0.233. The maximum absolute atomic E-state index is 6.39. The van der Waals surface area contributed by atoms with Crippen molar-refractivity contribution in [1.29, 1.82) is 0 Å². The van der Waals surface area contributed by atoms with Crippen LogP contribution in [0.4, 0.5) is 0 Å². The molecule has 1 atom stereocenters. The third-order valence-corrected chi connectivity index (χ3v) is 5.08. The number of hydrogen-bond donors (Lipinski definition) is 0. The molecule has 2 aromatic carbocycles. The van der Waals surface area contributed by atoms with E-state index in [1.54, 1.807) is 0 Å². The van der Waals surface area contributed by atoms with Gasteiger partial charge in [-0.15, -0.1) is 0 Å². The van der Waals surface area contributed by atoms with Crippen molar-refractivity contribution in [3.63, 3.8) is 0 Å². The SMILES string of the molecule is CCCCC(CC)COc1c(CC)cc(OCCBr)c2ccccc12. The summed E-state index contributed by atoms with van der Waals surface area (Å²) in [5.41, 5.74) is 1.23. The maximum Gasteiger partial charge on any atom is 0.130 e. The molecule has 0 aliphatic rings. The van der Waals surface area contributed by atoms with Gasteiger partial charge >= 0.3 is 0 Å². The standard InChI is InChI=1S/C22H31BrO2/c1-4-7-10-17(5-2)16-25-22-18(6-3)15-21(24-14-13-23)19-11-8-9-12-20(19)22/h8-9,11-12,15,17H,4-7,10,13-14,16H2,1-3H3. The molecule has 2 nitrogen and oxygen atoms in total. The molecule has 3 heteroatoms. The van der Waals surface area contributed by atoms with Crippen molar-refractivity contribution in [2.24, 2.45) is 5.92 Å². The van der Waals surface area contributed by atoms with Crippen molar-refractivity contribution < 1.29 is 9.47 Å². The summed E-state index contributed by atoms with van der Waals surface area (Å²) in [6.07, 6.45) is 5.89. The third-order valence-electron chi connectivity index (χ3n) is 4.76. The van der Waals surface area contributed by atoms with E-state index in [1.807, 2.05) is 0 Å². The van der Waals surface area contributed by atoms with Crippen molar-refractivity contribution in [2.45, 2.75) is 52.9 Å². The molecule has 0 spiro atoms. The van der Waals surface area contributed by atoms with Gasteiger partial charge in [0.1, 0.15) is 11.5 Å². The molecule has 0 heterocycles. The number of fused-ring (bicyclic) bond motifs is 1. The monoisotopic (exact) mass is 406 g/mol. The Balaban J connectivity index is 2.31. The van der Waals surface area contributed by atoms with Gasteiger partial charge in [-0.1, -0.05) is 80.2 Å². The minimum atomic E-state index is 0.632. The normalized spacial score (nSPS) is 12.3. The highest BCUT2D eigenvalue weighted by Gasteiger charge is 2.15. The summed E-state index contributed by atoms with van der Waals surface area (Å²) in [5.74, 6) is 2.63. The van der Waals surface area contributed by atoms with Gasteiger partial charge in [-0.2, -0.15) is 0 Å². The molecule has 0 aliphatic heterocycles. The Morgan fingerprint density at radius 3 is 2.44 bits per heavy atom. The minimum absolute atomic E-state index is 0.632. The summed E-state index contributed by atoms with van der Waals surface area (Å²) in [5, 5.41) is 3.13.